The molecule has 1 aromatic carbocycles. The first kappa shape index (κ1) is 14.0. The molecule has 1 fully saturated rings. The lowest BCUT2D eigenvalue weighted by Crippen LogP contribution is -2.15. The van der Waals surface area contributed by atoms with Crippen molar-refractivity contribution in [3.05, 3.63) is 40.4 Å². The Labute approximate surface area is 129 Å². The number of fused-ring (bicyclic) bond motifs is 1. The molecule has 20 heavy (non-hydrogen) atoms. The number of carbonyl (C=O) groups excluding carboxylic acids is 1. The Hall–Kier alpha value is -0.990. The van der Waals surface area contributed by atoms with Crippen molar-refractivity contribution in [2.75, 3.05) is 5.32 Å². The molecule has 1 aromatic rings. The number of allylic oxidation sites excluding steroid dienone is 2. The first-order valence-corrected chi connectivity index (χ1v) is 7.85. The number of benzene rings is 1. The zero-order valence-electron chi connectivity index (χ0n) is 11.1. The van der Waals surface area contributed by atoms with Crippen LogP contribution in [0.2, 0.25) is 10.0 Å². The van der Waals surface area contributed by atoms with E-state index in [0.29, 0.717) is 27.6 Å². The van der Waals surface area contributed by atoms with Gasteiger partial charge in [0, 0.05) is 11.6 Å². The van der Waals surface area contributed by atoms with Crippen LogP contribution < -0.4 is 5.32 Å². The maximum absolute atomic E-state index is 12.3. The summed E-state index contributed by atoms with van der Waals surface area (Å²) < 4.78 is 0. The summed E-state index contributed by atoms with van der Waals surface area (Å²) in [6.45, 7) is 0. The normalized spacial score (nSPS) is 28.2. The van der Waals surface area contributed by atoms with Gasteiger partial charge in [-0.2, -0.15) is 0 Å². The predicted molar refractivity (Wildman–Crippen MR) is 83.2 cm³/mol. The number of nitrogens with one attached hydrogen (secondary N) is 1. The van der Waals surface area contributed by atoms with Crippen LogP contribution in [0.15, 0.2) is 30.4 Å². The average Bonchev–Trinajstić information content (AvgIpc) is 3.05. The summed E-state index contributed by atoms with van der Waals surface area (Å²) in [4.78, 5) is 12.3. The summed E-state index contributed by atoms with van der Waals surface area (Å²) in [6.07, 6.45) is 9.22. The lowest BCUT2D eigenvalue weighted by atomic mass is 10.1. The second-order valence-electron chi connectivity index (χ2n) is 5.60. The minimum absolute atomic E-state index is 0.102. The van der Waals surface area contributed by atoms with Gasteiger partial charge in [0.25, 0.3) is 0 Å². The van der Waals surface area contributed by atoms with Crippen molar-refractivity contribution >= 4 is 34.8 Å². The van der Waals surface area contributed by atoms with E-state index in [9.17, 15) is 4.79 Å². The molecule has 2 nitrogen and oxygen atoms in total. The highest BCUT2D eigenvalue weighted by atomic mass is 35.5. The van der Waals surface area contributed by atoms with Crippen LogP contribution in [0.1, 0.15) is 25.7 Å². The maximum Gasteiger partial charge on any atom is 0.228 e. The van der Waals surface area contributed by atoms with Crippen LogP contribution in [0.5, 0.6) is 0 Å². The summed E-state index contributed by atoms with van der Waals surface area (Å²) >= 11 is 11.8. The van der Waals surface area contributed by atoms with Crippen LogP contribution in [0.25, 0.3) is 0 Å². The molecule has 106 valence electrons. The smallest absolute Gasteiger partial charge is 0.228 e. The number of rotatable bonds is 2. The van der Waals surface area contributed by atoms with E-state index in [1.165, 1.54) is 12.8 Å². The van der Waals surface area contributed by atoms with Crippen molar-refractivity contribution in [3.8, 4) is 0 Å². The van der Waals surface area contributed by atoms with Gasteiger partial charge < -0.3 is 5.32 Å². The second-order valence-corrected chi connectivity index (χ2v) is 6.41. The molecule has 3 rings (SSSR count). The first-order chi connectivity index (χ1) is 9.66. The molecule has 2 aliphatic carbocycles. The number of carbonyl (C=O) groups is 1. The van der Waals surface area contributed by atoms with Crippen LogP contribution >= 0.6 is 23.2 Å². The molecule has 3 atom stereocenters. The third-order valence-electron chi connectivity index (χ3n) is 4.24. The first-order valence-electron chi connectivity index (χ1n) is 7.09. The molecule has 0 radical (unpaired) electrons. The van der Waals surface area contributed by atoms with Crippen LogP contribution in [0.4, 0.5) is 5.69 Å². The van der Waals surface area contributed by atoms with E-state index < -0.39 is 0 Å². The molecular weight excluding hydrogens is 293 g/mol. The third kappa shape index (κ3) is 2.87. The number of amides is 1. The molecule has 4 heteroatoms. The van der Waals surface area contributed by atoms with Crippen LogP contribution in [-0.2, 0) is 4.79 Å². The average molecular weight is 310 g/mol. The number of hydrogen-bond acceptors (Lipinski definition) is 1. The van der Waals surface area contributed by atoms with Crippen LogP contribution in [0.3, 0.4) is 0 Å². The van der Waals surface area contributed by atoms with Gasteiger partial charge in [0.15, 0.2) is 0 Å². The van der Waals surface area contributed by atoms with E-state index in [1.807, 2.05) is 0 Å². The van der Waals surface area contributed by atoms with Gasteiger partial charge >= 0.3 is 0 Å². The summed E-state index contributed by atoms with van der Waals surface area (Å²) in [5.74, 6) is 1.18. The lowest BCUT2D eigenvalue weighted by molar-refractivity contribution is -0.117. The summed E-state index contributed by atoms with van der Waals surface area (Å²) in [6, 6.07) is 5.18. The van der Waals surface area contributed by atoms with Gasteiger partial charge in [-0.1, -0.05) is 41.8 Å². The molecule has 0 bridgehead atoms. The highest BCUT2D eigenvalue weighted by Gasteiger charge is 2.52. The topological polar surface area (TPSA) is 29.1 Å². The molecule has 0 unspecified atom stereocenters. The van der Waals surface area contributed by atoms with Gasteiger partial charge in [-0.15, -0.1) is 0 Å². The zero-order chi connectivity index (χ0) is 14.1. The van der Waals surface area contributed by atoms with Crippen LogP contribution in [-0.4, -0.2) is 5.91 Å². The number of anilines is 1. The standard InChI is InChI=1S/C16H17Cl2NO/c17-13-8-7-10(9-14(13)18)19-16(20)15-11-5-3-1-2-4-6-12(11)15/h3,5,7-9,11-12,15H,1-2,4,6H2,(H,19,20)/t11-,12-,15-/m1/s1. The highest BCUT2D eigenvalue weighted by Crippen LogP contribution is 2.51. The molecule has 1 saturated carbocycles. The Kier molecular flexibility index (Phi) is 4.04. The fourth-order valence-electron chi connectivity index (χ4n) is 3.10. The molecule has 1 amide bonds. The molecule has 0 aliphatic heterocycles. The van der Waals surface area contributed by atoms with Gasteiger partial charge in [-0.25, -0.2) is 0 Å². The Morgan fingerprint density at radius 1 is 1.20 bits per heavy atom. The summed E-state index contributed by atoms with van der Waals surface area (Å²) in [5, 5.41) is 3.92. The highest BCUT2D eigenvalue weighted by molar-refractivity contribution is 6.42. The van der Waals surface area contributed by atoms with E-state index in [1.54, 1.807) is 18.2 Å². The zero-order valence-corrected chi connectivity index (χ0v) is 12.6. The van der Waals surface area contributed by atoms with Gasteiger partial charge in [0.2, 0.25) is 5.91 Å². The van der Waals surface area contributed by atoms with Crippen molar-refractivity contribution in [2.24, 2.45) is 17.8 Å². The quantitative estimate of drug-likeness (QED) is 0.771. The largest absolute Gasteiger partial charge is 0.326 e. The monoisotopic (exact) mass is 309 g/mol. The minimum Gasteiger partial charge on any atom is -0.326 e. The Balaban J connectivity index is 1.66. The van der Waals surface area contributed by atoms with Gasteiger partial charge in [-0.05, 0) is 49.3 Å². The Morgan fingerprint density at radius 3 is 2.85 bits per heavy atom. The molecule has 0 aromatic heterocycles. The third-order valence-corrected chi connectivity index (χ3v) is 4.97. The molecular formula is C16H17Cl2NO. The Morgan fingerprint density at radius 2 is 2.05 bits per heavy atom. The van der Waals surface area contributed by atoms with Gasteiger partial charge in [0.1, 0.15) is 0 Å². The van der Waals surface area contributed by atoms with Crippen molar-refractivity contribution in [1.82, 2.24) is 0 Å². The fourth-order valence-corrected chi connectivity index (χ4v) is 3.40. The molecule has 0 saturated heterocycles. The van der Waals surface area contributed by atoms with Crippen molar-refractivity contribution in [3.63, 3.8) is 0 Å². The maximum atomic E-state index is 12.3. The van der Waals surface area contributed by atoms with Gasteiger partial charge in [0.05, 0.1) is 10.0 Å². The van der Waals surface area contributed by atoms with E-state index in [2.05, 4.69) is 17.5 Å². The lowest BCUT2D eigenvalue weighted by Gasteiger charge is -2.06. The minimum atomic E-state index is 0.102. The second kappa shape index (κ2) is 5.79. The van der Waals surface area contributed by atoms with E-state index in [-0.39, 0.29) is 11.8 Å². The molecule has 0 spiro atoms. The van der Waals surface area contributed by atoms with Gasteiger partial charge in [-0.3, -0.25) is 4.79 Å². The summed E-state index contributed by atoms with van der Waals surface area (Å²) in [7, 11) is 0. The number of hydrogen-bond donors (Lipinski definition) is 1. The van der Waals surface area contributed by atoms with E-state index in [4.69, 9.17) is 23.2 Å². The SMILES string of the molecule is O=C(Nc1ccc(Cl)c(Cl)c1)[C@@H]1[C@@H]2C=CCCCC[C@H]21. The molecule has 2 aliphatic rings. The van der Waals surface area contributed by atoms with E-state index >= 15 is 0 Å². The molecule has 0 heterocycles. The Bertz CT molecular complexity index is 555. The summed E-state index contributed by atoms with van der Waals surface area (Å²) in [5.41, 5.74) is 0.715. The van der Waals surface area contributed by atoms with Crippen molar-refractivity contribution in [2.45, 2.75) is 25.7 Å². The predicted octanol–water partition coefficient (Wildman–Crippen LogP) is 4.92. The van der Waals surface area contributed by atoms with Crippen LogP contribution in [0, 0.1) is 17.8 Å². The number of halogens is 2. The fraction of sp³-hybridized carbons (Fsp3) is 0.438. The van der Waals surface area contributed by atoms with E-state index in [0.717, 1.165) is 12.8 Å². The van der Waals surface area contributed by atoms with Crippen molar-refractivity contribution in [1.29, 1.82) is 0 Å². The molecule has 1 N–H and O–H groups in total. The van der Waals surface area contributed by atoms with Crippen molar-refractivity contribution < 1.29 is 4.79 Å².